The minimum atomic E-state index is -4.57. The standard InChI is InChI=1S/C13H12F4N2OS/c1-18-6-10-11(13(15,16)17)19-12(21-10)8-4-3-7(20-2)5-9(8)14/h3-5,18H,6H2,1-2H3. The van der Waals surface area contributed by atoms with Gasteiger partial charge in [-0.25, -0.2) is 9.37 Å². The molecular formula is C13H12F4N2OS. The Morgan fingerprint density at radius 1 is 1.33 bits per heavy atom. The van der Waals surface area contributed by atoms with Crippen molar-refractivity contribution < 1.29 is 22.3 Å². The lowest BCUT2D eigenvalue weighted by atomic mass is 10.2. The third-order valence-corrected chi connectivity index (χ3v) is 3.80. The molecular weight excluding hydrogens is 308 g/mol. The molecule has 0 aliphatic rings. The average molecular weight is 320 g/mol. The Bertz CT molecular complexity index is 640. The second-order valence-electron chi connectivity index (χ2n) is 4.16. The number of rotatable bonds is 4. The molecule has 0 fully saturated rings. The van der Waals surface area contributed by atoms with Crippen LogP contribution in [0.1, 0.15) is 10.6 Å². The fourth-order valence-corrected chi connectivity index (χ4v) is 2.89. The summed E-state index contributed by atoms with van der Waals surface area (Å²) in [5.41, 5.74) is -0.958. The molecule has 1 N–H and O–H groups in total. The molecule has 114 valence electrons. The van der Waals surface area contributed by atoms with Crippen LogP contribution in [0.5, 0.6) is 5.75 Å². The Balaban J connectivity index is 2.50. The van der Waals surface area contributed by atoms with E-state index in [-0.39, 0.29) is 22.0 Å². The number of nitrogens with zero attached hydrogens (tertiary/aromatic N) is 1. The molecule has 1 aromatic heterocycles. The summed E-state index contributed by atoms with van der Waals surface area (Å²) in [4.78, 5) is 3.58. The van der Waals surface area contributed by atoms with E-state index in [0.717, 1.165) is 17.4 Å². The number of thiazole rings is 1. The fraction of sp³-hybridized carbons (Fsp3) is 0.308. The van der Waals surface area contributed by atoms with Gasteiger partial charge in [-0.05, 0) is 19.2 Å². The van der Waals surface area contributed by atoms with Crippen LogP contribution in [0, 0.1) is 5.82 Å². The summed E-state index contributed by atoms with van der Waals surface area (Å²) < 4.78 is 57.6. The van der Waals surface area contributed by atoms with Crippen LogP contribution in [0.15, 0.2) is 18.2 Å². The first-order valence-corrected chi connectivity index (χ1v) is 6.74. The summed E-state index contributed by atoms with van der Waals surface area (Å²) in [6.07, 6.45) is -4.57. The van der Waals surface area contributed by atoms with Crippen LogP contribution < -0.4 is 10.1 Å². The van der Waals surface area contributed by atoms with E-state index in [1.54, 1.807) is 0 Å². The highest BCUT2D eigenvalue weighted by Gasteiger charge is 2.37. The molecule has 0 aliphatic heterocycles. The molecule has 0 aliphatic carbocycles. The molecule has 1 aromatic carbocycles. The second-order valence-corrected chi connectivity index (χ2v) is 5.25. The molecule has 2 rings (SSSR count). The third-order valence-electron chi connectivity index (χ3n) is 2.71. The Kier molecular flexibility index (Phi) is 4.48. The number of methoxy groups -OCH3 is 1. The number of hydrogen-bond acceptors (Lipinski definition) is 4. The van der Waals surface area contributed by atoms with Crippen molar-refractivity contribution in [2.45, 2.75) is 12.7 Å². The summed E-state index contributed by atoms with van der Waals surface area (Å²) >= 11 is 0.817. The quantitative estimate of drug-likeness (QED) is 0.872. The van der Waals surface area contributed by atoms with Crippen molar-refractivity contribution in [3.63, 3.8) is 0 Å². The van der Waals surface area contributed by atoms with Gasteiger partial charge in [-0.2, -0.15) is 13.2 Å². The minimum Gasteiger partial charge on any atom is -0.497 e. The Labute approximate surface area is 122 Å². The summed E-state index contributed by atoms with van der Waals surface area (Å²) in [7, 11) is 2.91. The van der Waals surface area contributed by atoms with Crippen molar-refractivity contribution in [1.82, 2.24) is 10.3 Å². The fourth-order valence-electron chi connectivity index (χ4n) is 1.77. The molecule has 0 unspecified atom stereocenters. The minimum absolute atomic E-state index is 0.00673. The van der Waals surface area contributed by atoms with Crippen LogP contribution in [0.4, 0.5) is 17.6 Å². The van der Waals surface area contributed by atoms with Crippen LogP contribution >= 0.6 is 11.3 Å². The molecule has 0 atom stereocenters. The monoisotopic (exact) mass is 320 g/mol. The molecule has 8 heteroatoms. The largest absolute Gasteiger partial charge is 0.497 e. The topological polar surface area (TPSA) is 34.1 Å². The van der Waals surface area contributed by atoms with E-state index < -0.39 is 17.7 Å². The first-order valence-electron chi connectivity index (χ1n) is 5.92. The van der Waals surface area contributed by atoms with Gasteiger partial charge in [0.05, 0.1) is 12.0 Å². The predicted octanol–water partition coefficient (Wildman–Crippen LogP) is 3.70. The zero-order valence-corrected chi connectivity index (χ0v) is 12.0. The van der Waals surface area contributed by atoms with E-state index in [1.807, 2.05) is 0 Å². The molecule has 0 amide bonds. The summed E-state index contributed by atoms with van der Waals surface area (Å²) in [6.45, 7) is 0.0181. The number of benzene rings is 1. The number of alkyl halides is 3. The molecule has 0 saturated carbocycles. The Hall–Kier alpha value is -1.67. The van der Waals surface area contributed by atoms with Crippen LogP contribution in [-0.2, 0) is 12.7 Å². The van der Waals surface area contributed by atoms with E-state index in [2.05, 4.69) is 10.3 Å². The molecule has 1 heterocycles. The van der Waals surface area contributed by atoms with Gasteiger partial charge in [0.1, 0.15) is 16.6 Å². The first kappa shape index (κ1) is 15.7. The van der Waals surface area contributed by atoms with Gasteiger partial charge in [-0.15, -0.1) is 11.3 Å². The zero-order chi connectivity index (χ0) is 15.6. The number of hydrogen-bond donors (Lipinski definition) is 1. The van der Waals surface area contributed by atoms with Crippen molar-refractivity contribution in [1.29, 1.82) is 0 Å². The maximum Gasteiger partial charge on any atom is 0.434 e. The van der Waals surface area contributed by atoms with Crippen molar-refractivity contribution in [3.8, 4) is 16.3 Å². The molecule has 0 radical (unpaired) electrons. The molecule has 0 saturated heterocycles. The lowest BCUT2D eigenvalue weighted by Gasteiger charge is -2.05. The number of ether oxygens (including phenoxy) is 1. The molecule has 0 spiro atoms. The molecule has 2 aromatic rings. The first-order chi connectivity index (χ1) is 9.86. The van der Waals surface area contributed by atoms with E-state index in [0.29, 0.717) is 5.75 Å². The van der Waals surface area contributed by atoms with Gasteiger partial charge in [0.25, 0.3) is 0 Å². The smallest absolute Gasteiger partial charge is 0.434 e. The van der Waals surface area contributed by atoms with Crippen molar-refractivity contribution in [3.05, 3.63) is 34.6 Å². The Morgan fingerprint density at radius 2 is 2.05 bits per heavy atom. The van der Waals surface area contributed by atoms with Crippen LogP contribution in [-0.4, -0.2) is 19.1 Å². The van der Waals surface area contributed by atoms with E-state index in [4.69, 9.17) is 4.74 Å². The third kappa shape index (κ3) is 3.33. The van der Waals surface area contributed by atoms with Crippen LogP contribution in [0.25, 0.3) is 10.6 Å². The summed E-state index contributed by atoms with van der Waals surface area (Å²) in [5, 5.41) is 2.64. The van der Waals surface area contributed by atoms with Gasteiger partial charge in [0, 0.05) is 18.2 Å². The van der Waals surface area contributed by atoms with Gasteiger partial charge in [0.15, 0.2) is 5.69 Å². The average Bonchev–Trinajstić information content (AvgIpc) is 2.82. The molecule has 0 bridgehead atoms. The van der Waals surface area contributed by atoms with Crippen LogP contribution in [0.2, 0.25) is 0 Å². The maximum absolute atomic E-state index is 13.9. The van der Waals surface area contributed by atoms with Gasteiger partial charge in [0.2, 0.25) is 0 Å². The lowest BCUT2D eigenvalue weighted by molar-refractivity contribution is -0.141. The van der Waals surface area contributed by atoms with Gasteiger partial charge in [-0.3, -0.25) is 0 Å². The van der Waals surface area contributed by atoms with E-state index in [9.17, 15) is 17.6 Å². The van der Waals surface area contributed by atoms with E-state index >= 15 is 0 Å². The second kappa shape index (κ2) is 5.98. The highest BCUT2D eigenvalue weighted by molar-refractivity contribution is 7.15. The van der Waals surface area contributed by atoms with Crippen molar-refractivity contribution >= 4 is 11.3 Å². The predicted molar refractivity (Wildman–Crippen MR) is 71.8 cm³/mol. The van der Waals surface area contributed by atoms with E-state index in [1.165, 1.54) is 26.3 Å². The van der Waals surface area contributed by atoms with Crippen molar-refractivity contribution in [2.75, 3.05) is 14.2 Å². The normalized spacial score (nSPS) is 11.7. The lowest BCUT2D eigenvalue weighted by Crippen LogP contribution is -2.12. The summed E-state index contributed by atoms with van der Waals surface area (Å²) in [6, 6.07) is 3.95. The number of nitrogens with one attached hydrogen (secondary N) is 1. The maximum atomic E-state index is 13.9. The van der Waals surface area contributed by atoms with Crippen LogP contribution in [0.3, 0.4) is 0 Å². The Morgan fingerprint density at radius 3 is 2.57 bits per heavy atom. The van der Waals surface area contributed by atoms with Crippen molar-refractivity contribution in [2.24, 2.45) is 0 Å². The number of halogens is 4. The zero-order valence-electron chi connectivity index (χ0n) is 11.2. The highest BCUT2D eigenvalue weighted by atomic mass is 32.1. The molecule has 3 nitrogen and oxygen atoms in total. The number of aromatic nitrogens is 1. The van der Waals surface area contributed by atoms with Gasteiger partial charge < -0.3 is 10.1 Å². The molecule has 21 heavy (non-hydrogen) atoms. The van der Waals surface area contributed by atoms with Gasteiger partial charge >= 0.3 is 6.18 Å². The van der Waals surface area contributed by atoms with Gasteiger partial charge in [-0.1, -0.05) is 0 Å². The summed E-state index contributed by atoms with van der Waals surface area (Å²) in [5.74, 6) is -0.382. The SMILES string of the molecule is CNCc1sc(-c2ccc(OC)cc2F)nc1C(F)(F)F. The highest BCUT2D eigenvalue weighted by Crippen LogP contribution is 2.38.